The summed E-state index contributed by atoms with van der Waals surface area (Å²) in [7, 11) is 1.78. The summed E-state index contributed by atoms with van der Waals surface area (Å²) in [5.74, 6) is -1.80. The molecule has 0 radical (unpaired) electrons. The SMILES string of the molecule is CN(Cc1ccc(C(F)(F)F)c(F)c1)[C@H]1CN(C(=O)c2ccc(N)cn2)C[C@@H]1c1ccc(Cl)c(Cl)c1. The van der Waals surface area contributed by atoms with Gasteiger partial charge in [-0.15, -0.1) is 0 Å². The number of nitrogens with zero attached hydrogens (tertiary/aromatic N) is 3. The number of likely N-dealkylation sites (tertiary alicyclic amines) is 1. The quantitative estimate of drug-likeness (QED) is 0.411. The maximum atomic E-state index is 14.1. The van der Waals surface area contributed by atoms with Gasteiger partial charge >= 0.3 is 6.18 Å². The number of hydrogen-bond acceptors (Lipinski definition) is 4. The molecule has 2 heterocycles. The first-order valence-corrected chi connectivity index (χ1v) is 11.7. The molecule has 3 aromatic rings. The molecule has 2 atom stereocenters. The van der Waals surface area contributed by atoms with E-state index in [-0.39, 0.29) is 30.1 Å². The van der Waals surface area contributed by atoms with E-state index in [1.165, 1.54) is 12.3 Å². The maximum Gasteiger partial charge on any atom is 0.419 e. The minimum atomic E-state index is -4.77. The van der Waals surface area contributed by atoms with Gasteiger partial charge in [0.1, 0.15) is 11.5 Å². The summed E-state index contributed by atoms with van der Waals surface area (Å²) in [4.78, 5) is 20.8. The first kappa shape index (κ1) is 26.2. The van der Waals surface area contributed by atoms with Crippen LogP contribution in [0, 0.1) is 5.82 Å². The van der Waals surface area contributed by atoms with Gasteiger partial charge in [0, 0.05) is 31.6 Å². The average molecular weight is 541 g/mol. The van der Waals surface area contributed by atoms with E-state index in [0.29, 0.717) is 34.4 Å². The van der Waals surface area contributed by atoms with Gasteiger partial charge in [-0.2, -0.15) is 13.2 Å². The van der Waals surface area contributed by atoms with Gasteiger partial charge in [0.05, 0.1) is 27.5 Å². The molecule has 5 nitrogen and oxygen atoms in total. The van der Waals surface area contributed by atoms with Crippen molar-refractivity contribution in [3.63, 3.8) is 0 Å². The number of likely N-dealkylation sites (N-methyl/N-ethyl adjacent to an activating group) is 1. The zero-order valence-corrected chi connectivity index (χ0v) is 20.6. The van der Waals surface area contributed by atoms with E-state index in [1.54, 1.807) is 36.2 Å². The molecule has 1 saturated heterocycles. The Balaban J connectivity index is 1.61. The normalized spacial score (nSPS) is 18.2. The van der Waals surface area contributed by atoms with Crippen LogP contribution in [0.3, 0.4) is 0 Å². The highest BCUT2D eigenvalue weighted by Gasteiger charge is 2.39. The van der Waals surface area contributed by atoms with Crippen LogP contribution in [0.5, 0.6) is 0 Å². The monoisotopic (exact) mass is 540 g/mol. The third-order valence-corrected chi connectivity index (χ3v) is 7.03. The Labute approximate surface area is 215 Å². The zero-order chi connectivity index (χ0) is 26.2. The van der Waals surface area contributed by atoms with Gasteiger partial charge in [-0.25, -0.2) is 9.37 Å². The molecule has 0 saturated carbocycles. The van der Waals surface area contributed by atoms with Crippen molar-refractivity contribution in [1.29, 1.82) is 0 Å². The Kier molecular flexibility index (Phi) is 7.45. The number of pyridine rings is 1. The number of aromatic nitrogens is 1. The van der Waals surface area contributed by atoms with Crippen molar-refractivity contribution in [2.24, 2.45) is 0 Å². The zero-order valence-electron chi connectivity index (χ0n) is 19.1. The standard InChI is InChI=1S/C25H22Cl2F4N4O/c1-34(11-14-2-5-18(21(28)8-14)25(29,30)31)23-13-35(24(36)22-7-4-16(32)10-33-22)12-17(23)15-3-6-19(26)20(27)9-15/h2-10,17,23H,11-13,32H2,1H3/t17-,23+/m1/s1. The van der Waals surface area contributed by atoms with Gasteiger partial charge in [0.15, 0.2) is 0 Å². The maximum absolute atomic E-state index is 14.1. The number of carbonyl (C=O) groups excluding carboxylic acids is 1. The van der Waals surface area contributed by atoms with Crippen LogP contribution in [0.25, 0.3) is 0 Å². The number of benzene rings is 2. The van der Waals surface area contributed by atoms with Gasteiger partial charge in [0.2, 0.25) is 0 Å². The van der Waals surface area contributed by atoms with Gasteiger partial charge in [0.25, 0.3) is 5.91 Å². The highest BCUT2D eigenvalue weighted by Crippen LogP contribution is 2.36. The van der Waals surface area contributed by atoms with E-state index < -0.39 is 17.6 Å². The molecule has 1 amide bonds. The fourth-order valence-electron chi connectivity index (χ4n) is 4.46. The number of rotatable bonds is 5. The van der Waals surface area contributed by atoms with Gasteiger partial charge in [-0.1, -0.05) is 35.3 Å². The molecule has 0 spiro atoms. The molecule has 0 bridgehead atoms. The molecule has 1 aliphatic heterocycles. The van der Waals surface area contributed by atoms with Crippen molar-refractivity contribution in [1.82, 2.24) is 14.8 Å². The number of nitrogens with two attached hydrogens (primary N) is 1. The second kappa shape index (κ2) is 10.2. The van der Waals surface area contributed by atoms with E-state index in [4.69, 9.17) is 28.9 Å². The molecule has 0 unspecified atom stereocenters. The highest BCUT2D eigenvalue weighted by atomic mass is 35.5. The van der Waals surface area contributed by atoms with Crippen LogP contribution in [0.1, 0.15) is 33.1 Å². The summed E-state index contributed by atoms with van der Waals surface area (Å²) in [5, 5.41) is 0.757. The molecular formula is C25H22Cl2F4N4O. The van der Waals surface area contributed by atoms with E-state index in [9.17, 15) is 22.4 Å². The number of carbonyl (C=O) groups is 1. The molecule has 1 aliphatic rings. The molecule has 2 aromatic carbocycles. The summed E-state index contributed by atoms with van der Waals surface area (Å²) >= 11 is 12.3. The Morgan fingerprint density at radius 1 is 1.11 bits per heavy atom. The van der Waals surface area contributed by atoms with Crippen LogP contribution < -0.4 is 5.73 Å². The highest BCUT2D eigenvalue weighted by molar-refractivity contribution is 6.42. The largest absolute Gasteiger partial charge is 0.419 e. The summed E-state index contributed by atoms with van der Waals surface area (Å²) in [6, 6.07) is 11.0. The predicted molar refractivity (Wildman–Crippen MR) is 130 cm³/mol. The van der Waals surface area contributed by atoms with Crippen molar-refractivity contribution in [2.45, 2.75) is 24.7 Å². The lowest BCUT2D eigenvalue weighted by Gasteiger charge is -2.29. The van der Waals surface area contributed by atoms with Crippen molar-refractivity contribution in [2.75, 3.05) is 25.9 Å². The van der Waals surface area contributed by atoms with E-state index in [1.807, 2.05) is 11.0 Å². The second-order valence-corrected chi connectivity index (χ2v) is 9.58. The lowest BCUT2D eigenvalue weighted by molar-refractivity contribution is -0.140. The summed E-state index contributed by atoms with van der Waals surface area (Å²) < 4.78 is 53.0. The third kappa shape index (κ3) is 5.58. The molecule has 4 rings (SSSR count). The molecule has 2 N–H and O–H groups in total. The van der Waals surface area contributed by atoms with E-state index >= 15 is 0 Å². The first-order valence-electron chi connectivity index (χ1n) is 11.0. The number of hydrogen-bond donors (Lipinski definition) is 1. The third-order valence-electron chi connectivity index (χ3n) is 6.29. The summed E-state index contributed by atoms with van der Waals surface area (Å²) in [5.41, 5.74) is 6.27. The van der Waals surface area contributed by atoms with Crippen molar-refractivity contribution >= 4 is 34.8 Å². The smallest absolute Gasteiger partial charge is 0.397 e. The van der Waals surface area contributed by atoms with Crippen LogP contribution in [0.15, 0.2) is 54.7 Å². The minimum Gasteiger partial charge on any atom is -0.397 e. The molecule has 1 aromatic heterocycles. The van der Waals surface area contributed by atoms with Crippen molar-refractivity contribution < 1.29 is 22.4 Å². The second-order valence-electron chi connectivity index (χ2n) is 8.76. The molecule has 1 fully saturated rings. The minimum absolute atomic E-state index is 0.166. The van der Waals surface area contributed by atoms with E-state index in [2.05, 4.69) is 4.98 Å². The number of nitrogen functional groups attached to an aromatic ring is 1. The summed E-state index contributed by atoms with van der Waals surface area (Å²) in [6.07, 6.45) is -3.36. The predicted octanol–water partition coefficient (Wildman–Crippen LogP) is 5.87. The van der Waals surface area contributed by atoms with Gasteiger partial charge < -0.3 is 10.6 Å². The lowest BCUT2D eigenvalue weighted by atomic mass is 9.93. The first-order chi connectivity index (χ1) is 16.9. The fraction of sp³-hybridized carbons (Fsp3) is 0.280. The van der Waals surface area contributed by atoms with Crippen molar-refractivity contribution in [3.05, 3.63) is 93.0 Å². The average Bonchev–Trinajstić information content (AvgIpc) is 3.26. The molecule has 190 valence electrons. The number of alkyl halides is 3. The Morgan fingerprint density at radius 2 is 1.86 bits per heavy atom. The molecule has 11 heteroatoms. The van der Waals surface area contributed by atoms with Crippen LogP contribution in [0.2, 0.25) is 10.0 Å². The van der Waals surface area contributed by atoms with Crippen LogP contribution in [0.4, 0.5) is 23.2 Å². The molecule has 0 aliphatic carbocycles. The van der Waals surface area contributed by atoms with Crippen LogP contribution >= 0.6 is 23.2 Å². The number of halogens is 6. The Bertz CT molecular complexity index is 1270. The van der Waals surface area contributed by atoms with E-state index in [0.717, 1.165) is 17.7 Å². The van der Waals surface area contributed by atoms with Crippen molar-refractivity contribution in [3.8, 4) is 0 Å². The van der Waals surface area contributed by atoms with Crippen LogP contribution in [-0.4, -0.2) is 46.9 Å². The Hall–Kier alpha value is -2.88. The van der Waals surface area contributed by atoms with Gasteiger partial charge in [-0.05, 0) is 54.6 Å². The number of anilines is 1. The summed E-state index contributed by atoms with van der Waals surface area (Å²) in [6.45, 7) is 0.828. The van der Waals surface area contributed by atoms with Gasteiger partial charge in [-0.3, -0.25) is 9.69 Å². The number of amides is 1. The molecular weight excluding hydrogens is 519 g/mol. The topological polar surface area (TPSA) is 62.5 Å². The Morgan fingerprint density at radius 3 is 2.47 bits per heavy atom. The fourth-order valence-corrected chi connectivity index (χ4v) is 4.76. The molecule has 36 heavy (non-hydrogen) atoms. The van der Waals surface area contributed by atoms with Crippen LogP contribution in [-0.2, 0) is 12.7 Å². The lowest BCUT2D eigenvalue weighted by Crippen LogP contribution is -2.38.